The number of aliphatic hydroxyl groups is 1. The lowest BCUT2D eigenvalue weighted by atomic mass is 9.82. The Morgan fingerprint density at radius 1 is 0.509 bits per heavy atom. The van der Waals surface area contributed by atoms with Gasteiger partial charge in [-0.3, -0.25) is 9.59 Å². The molecule has 53 heavy (non-hydrogen) atoms. The van der Waals surface area contributed by atoms with Gasteiger partial charge in [0.2, 0.25) is 0 Å². The smallest absolute Gasteiger partial charge is 0.306 e. The fourth-order valence-electron chi connectivity index (χ4n) is 7.40. The Morgan fingerprint density at radius 3 is 1.51 bits per heavy atom. The molecule has 6 heteroatoms. The Bertz CT molecular complexity index is 771. The minimum Gasteiger partial charge on any atom is -0.466 e. The lowest BCUT2D eigenvalue weighted by molar-refractivity contribution is -0.150. The molecule has 0 radical (unpaired) electrons. The molecule has 0 bridgehead atoms. The molecule has 0 aromatic rings. The zero-order chi connectivity index (χ0) is 39.1. The Labute approximate surface area is 331 Å². The van der Waals surface area contributed by atoms with Crippen LogP contribution in [0.25, 0.3) is 0 Å². The molecule has 0 spiro atoms. The third kappa shape index (κ3) is 37.6. The van der Waals surface area contributed by atoms with E-state index < -0.39 is 0 Å². The van der Waals surface area contributed by atoms with Crippen molar-refractivity contribution in [2.45, 2.75) is 253 Å². The molecule has 0 fully saturated rings. The Balaban J connectivity index is 4.26. The minimum atomic E-state index is -0.0229. The summed E-state index contributed by atoms with van der Waals surface area (Å²) in [5.41, 5.74) is 0.130. The Kier molecular flexibility index (Phi) is 38.3. The third-order valence-electron chi connectivity index (χ3n) is 11.1. The van der Waals surface area contributed by atoms with E-state index in [1.165, 1.54) is 128 Å². The predicted molar refractivity (Wildman–Crippen MR) is 228 cm³/mol. The van der Waals surface area contributed by atoms with Crippen LogP contribution in [0.15, 0.2) is 0 Å². The van der Waals surface area contributed by atoms with E-state index in [1.54, 1.807) is 0 Å². The summed E-state index contributed by atoms with van der Waals surface area (Å²) >= 11 is 0. The average Bonchev–Trinajstić information content (AvgIpc) is 3.14. The highest BCUT2D eigenvalue weighted by Gasteiger charge is 2.21. The molecule has 0 aromatic carbocycles. The molecule has 0 amide bonds. The minimum absolute atomic E-state index is 0.00929. The lowest BCUT2D eigenvalue weighted by Gasteiger charge is -2.26. The molecule has 0 saturated carbocycles. The van der Waals surface area contributed by atoms with Gasteiger partial charge in [-0.2, -0.15) is 0 Å². The number of hydrogen-bond acceptors (Lipinski definition) is 6. The van der Waals surface area contributed by atoms with E-state index in [0.717, 1.165) is 90.3 Å². The Hall–Kier alpha value is -1.14. The highest BCUT2D eigenvalue weighted by Crippen LogP contribution is 2.30. The van der Waals surface area contributed by atoms with Crippen LogP contribution >= 0.6 is 0 Å². The maximum atomic E-state index is 13.0. The highest BCUT2D eigenvalue weighted by molar-refractivity contribution is 5.69. The molecule has 1 N–H and O–H groups in total. The fourth-order valence-corrected chi connectivity index (χ4v) is 7.40. The number of rotatable bonds is 42. The second-order valence-corrected chi connectivity index (χ2v) is 17.1. The number of unbranched alkanes of at least 4 members (excludes halogenated alkanes) is 21. The van der Waals surface area contributed by atoms with Crippen molar-refractivity contribution < 1.29 is 24.2 Å². The van der Waals surface area contributed by atoms with Crippen molar-refractivity contribution >= 4 is 11.9 Å². The van der Waals surface area contributed by atoms with Gasteiger partial charge in [-0.05, 0) is 89.1 Å². The van der Waals surface area contributed by atoms with Gasteiger partial charge in [-0.15, -0.1) is 0 Å². The summed E-state index contributed by atoms with van der Waals surface area (Å²) in [6.45, 7) is 15.3. The molecule has 316 valence electrons. The second kappa shape index (κ2) is 39.1. The molecule has 0 aliphatic carbocycles. The van der Waals surface area contributed by atoms with Gasteiger partial charge in [-0.25, -0.2) is 0 Å². The molecule has 6 nitrogen and oxygen atoms in total. The van der Waals surface area contributed by atoms with Crippen LogP contribution in [0.5, 0.6) is 0 Å². The quantitative estimate of drug-likeness (QED) is 0.0494. The van der Waals surface area contributed by atoms with Gasteiger partial charge in [0, 0.05) is 26.0 Å². The van der Waals surface area contributed by atoms with Gasteiger partial charge in [0.05, 0.1) is 6.61 Å². The van der Waals surface area contributed by atoms with Gasteiger partial charge < -0.3 is 19.5 Å². The molecule has 0 heterocycles. The highest BCUT2D eigenvalue weighted by atomic mass is 16.5. The van der Waals surface area contributed by atoms with Crippen LogP contribution in [0.1, 0.15) is 247 Å². The van der Waals surface area contributed by atoms with E-state index in [1.807, 2.05) is 0 Å². The maximum absolute atomic E-state index is 13.0. The van der Waals surface area contributed by atoms with E-state index in [0.29, 0.717) is 19.4 Å². The first kappa shape index (κ1) is 51.9. The standard InChI is InChI=1S/C47H93NO5/c1-6-9-12-15-18-22-27-35-45(50)52-43-31-24-19-23-29-39-48(41-32-42-49)40-30-28-37-47(4,5)38-36-46(51)53-44(33-25-20-16-13-10-7-2)34-26-21-17-14-11-8-3/h44,49H,6-43H2,1-5H3. The van der Waals surface area contributed by atoms with E-state index in [2.05, 4.69) is 39.5 Å². The summed E-state index contributed by atoms with van der Waals surface area (Å²) < 4.78 is 11.6. The zero-order valence-corrected chi connectivity index (χ0v) is 36.5. The first-order chi connectivity index (χ1) is 25.8. The number of hydrogen-bond donors (Lipinski definition) is 1. The van der Waals surface area contributed by atoms with Crippen molar-refractivity contribution in [3.8, 4) is 0 Å². The number of ether oxygens (including phenoxy) is 2. The topological polar surface area (TPSA) is 76.1 Å². The van der Waals surface area contributed by atoms with Gasteiger partial charge in [0.1, 0.15) is 6.10 Å². The number of aliphatic hydroxyl groups excluding tert-OH is 1. The van der Waals surface area contributed by atoms with E-state index in [9.17, 15) is 14.7 Å². The van der Waals surface area contributed by atoms with Crippen molar-refractivity contribution in [3.63, 3.8) is 0 Å². The van der Waals surface area contributed by atoms with E-state index >= 15 is 0 Å². The number of carbonyl (C=O) groups excluding carboxylic acids is 2. The van der Waals surface area contributed by atoms with Crippen LogP contribution in [0.4, 0.5) is 0 Å². The molecule has 0 aromatic heterocycles. The average molecular weight is 752 g/mol. The van der Waals surface area contributed by atoms with Crippen molar-refractivity contribution in [2.75, 3.05) is 32.8 Å². The molecule has 0 aliphatic rings. The molecule has 0 saturated heterocycles. The summed E-state index contributed by atoms with van der Waals surface area (Å²) in [7, 11) is 0. The van der Waals surface area contributed by atoms with Gasteiger partial charge in [-0.1, -0.05) is 163 Å². The van der Waals surface area contributed by atoms with Crippen LogP contribution in [0.2, 0.25) is 0 Å². The van der Waals surface area contributed by atoms with Crippen LogP contribution < -0.4 is 0 Å². The normalized spacial score (nSPS) is 11.9. The molecule has 0 atom stereocenters. The molecular formula is C47H93NO5. The monoisotopic (exact) mass is 752 g/mol. The lowest BCUT2D eigenvalue weighted by Crippen LogP contribution is -2.28. The molecular weight excluding hydrogens is 659 g/mol. The fraction of sp³-hybridized carbons (Fsp3) is 0.957. The largest absolute Gasteiger partial charge is 0.466 e. The first-order valence-corrected chi connectivity index (χ1v) is 23.5. The summed E-state index contributed by atoms with van der Waals surface area (Å²) in [5, 5.41) is 9.45. The molecule has 0 unspecified atom stereocenters. The SMILES string of the molecule is CCCCCCCCCC(=O)OCCCCCCCN(CCCO)CCCCC(C)(C)CCC(=O)OC(CCCCCCCC)CCCCCCCC. The van der Waals surface area contributed by atoms with Crippen LogP contribution in [0, 0.1) is 5.41 Å². The summed E-state index contributed by atoms with van der Waals surface area (Å²) in [5.74, 6) is -0.0136. The third-order valence-corrected chi connectivity index (χ3v) is 11.1. The predicted octanol–water partition coefficient (Wildman–Crippen LogP) is 13.7. The number of carbonyl (C=O) groups is 2. The van der Waals surface area contributed by atoms with Crippen molar-refractivity contribution in [1.82, 2.24) is 4.90 Å². The van der Waals surface area contributed by atoms with Gasteiger partial charge in [0.25, 0.3) is 0 Å². The molecule has 0 aliphatic heterocycles. The summed E-state index contributed by atoms with van der Waals surface area (Å²) in [6, 6.07) is 0. The maximum Gasteiger partial charge on any atom is 0.306 e. The van der Waals surface area contributed by atoms with Crippen LogP contribution in [0.3, 0.4) is 0 Å². The van der Waals surface area contributed by atoms with Crippen LogP contribution in [-0.4, -0.2) is 60.9 Å². The van der Waals surface area contributed by atoms with Gasteiger partial charge in [0.15, 0.2) is 0 Å². The summed E-state index contributed by atoms with van der Waals surface area (Å²) in [4.78, 5) is 27.5. The number of nitrogens with zero attached hydrogens (tertiary/aromatic N) is 1. The van der Waals surface area contributed by atoms with Gasteiger partial charge >= 0.3 is 11.9 Å². The second-order valence-electron chi connectivity index (χ2n) is 17.1. The van der Waals surface area contributed by atoms with Crippen molar-refractivity contribution in [2.24, 2.45) is 5.41 Å². The van der Waals surface area contributed by atoms with Crippen molar-refractivity contribution in [1.29, 1.82) is 0 Å². The van der Waals surface area contributed by atoms with E-state index in [4.69, 9.17) is 9.47 Å². The zero-order valence-electron chi connectivity index (χ0n) is 36.5. The van der Waals surface area contributed by atoms with Crippen LogP contribution in [-0.2, 0) is 19.1 Å². The molecule has 0 rings (SSSR count). The Morgan fingerprint density at radius 2 is 0.962 bits per heavy atom. The first-order valence-electron chi connectivity index (χ1n) is 23.5. The summed E-state index contributed by atoms with van der Waals surface area (Å²) in [6.07, 6.45) is 37.9. The van der Waals surface area contributed by atoms with Crippen molar-refractivity contribution in [3.05, 3.63) is 0 Å². The number of esters is 2. The van der Waals surface area contributed by atoms with E-state index in [-0.39, 0.29) is 30.1 Å².